The van der Waals surface area contributed by atoms with Crippen LogP contribution in [0.25, 0.3) is 22.2 Å². The fraction of sp³-hybridized carbons (Fsp3) is 0.375. The summed E-state index contributed by atoms with van der Waals surface area (Å²) in [5.74, 6) is 1.84. The smallest absolute Gasteiger partial charge is 0.407 e. The van der Waals surface area contributed by atoms with Crippen molar-refractivity contribution in [3.63, 3.8) is 0 Å². The zero-order valence-electron chi connectivity index (χ0n) is 20.1. The van der Waals surface area contributed by atoms with E-state index in [1.807, 2.05) is 41.9 Å². The second kappa shape index (κ2) is 10.5. The van der Waals surface area contributed by atoms with Gasteiger partial charge in [0.05, 0.1) is 37.2 Å². The zero-order valence-corrected chi connectivity index (χ0v) is 20.1. The SMILES string of the molecule is COc1cccc(OC)c1-c1cc2cc(NC(=O)NCCN3CCN(C(=O)O)CC3)ncc2n1C. The van der Waals surface area contributed by atoms with Crippen LogP contribution < -0.4 is 20.1 Å². The molecular formula is C24H30N6O5. The first-order valence-corrected chi connectivity index (χ1v) is 11.3. The number of urea groups is 1. The molecule has 186 valence electrons. The van der Waals surface area contributed by atoms with Gasteiger partial charge in [-0.05, 0) is 24.3 Å². The van der Waals surface area contributed by atoms with Gasteiger partial charge in [0.1, 0.15) is 17.3 Å². The van der Waals surface area contributed by atoms with E-state index >= 15 is 0 Å². The van der Waals surface area contributed by atoms with Crippen molar-refractivity contribution >= 4 is 28.8 Å². The lowest BCUT2D eigenvalue weighted by molar-refractivity contribution is 0.106. The minimum Gasteiger partial charge on any atom is -0.496 e. The molecule has 0 unspecified atom stereocenters. The molecule has 11 heteroatoms. The van der Waals surface area contributed by atoms with E-state index in [0.29, 0.717) is 56.6 Å². The number of fused-ring (bicyclic) bond motifs is 1. The van der Waals surface area contributed by atoms with Gasteiger partial charge in [0, 0.05) is 51.7 Å². The molecule has 3 aromatic rings. The fourth-order valence-corrected chi connectivity index (χ4v) is 4.30. The molecule has 2 aromatic heterocycles. The summed E-state index contributed by atoms with van der Waals surface area (Å²) < 4.78 is 13.1. The number of benzene rings is 1. The molecule has 1 aliphatic heterocycles. The Labute approximate surface area is 203 Å². The van der Waals surface area contributed by atoms with Gasteiger partial charge in [-0.15, -0.1) is 0 Å². The highest BCUT2D eigenvalue weighted by molar-refractivity contribution is 5.94. The number of nitrogens with one attached hydrogen (secondary N) is 2. The number of methoxy groups -OCH3 is 2. The van der Waals surface area contributed by atoms with Crippen molar-refractivity contribution in [2.24, 2.45) is 7.05 Å². The highest BCUT2D eigenvalue weighted by atomic mass is 16.5. The van der Waals surface area contributed by atoms with E-state index in [1.165, 1.54) is 4.90 Å². The van der Waals surface area contributed by atoms with Gasteiger partial charge in [-0.2, -0.15) is 0 Å². The number of carbonyl (C=O) groups is 2. The van der Waals surface area contributed by atoms with Gasteiger partial charge in [0.2, 0.25) is 0 Å². The quantitative estimate of drug-likeness (QED) is 0.473. The maximum atomic E-state index is 12.4. The third kappa shape index (κ3) is 5.24. The lowest BCUT2D eigenvalue weighted by Crippen LogP contribution is -2.50. The number of aromatic nitrogens is 2. The summed E-state index contributed by atoms with van der Waals surface area (Å²) in [6.45, 7) is 3.36. The molecule has 0 radical (unpaired) electrons. The second-order valence-electron chi connectivity index (χ2n) is 8.25. The number of pyridine rings is 1. The van der Waals surface area contributed by atoms with Gasteiger partial charge in [-0.3, -0.25) is 10.2 Å². The zero-order chi connectivity index (χ0) is 24.9. The van der Waals surface area contributed by atoms with E-state index < -0.39 is 6.09 Å². The number of rotatable bonds is 7. The molecule has 4 rings (SSSR count). The lowest BCUT2D eigenvalue weighted by atomic mass is 10.1. The van der Waals surface area contributed by atoms with Crippen LogP contribution >= 0.6 is 0 Å². The summed E-state index contributed by atoms with van der Waals surface area (Å²) in [6, 6.07) is 9.14. The first-order valence-electron chi connectivity index (χ1n) is 11.3. The van der Waals surface area contributed by atoms with E-state index in [4.69, 9.17) is 14.6 Å². The van der Waals surface area contributed by atoms with Crippen LogP contribution in [0.5, 0.6) is 11.5 Å². The molecule has 0 bridgehead atoms. The van der Waals surface area contributed by atoms with Gasteiger partial charge in [0.15, 0.2) is 0 Å². The van der Waals surface area contributed by atoms with Gasteiger partial charge in [-0.1, -0.05) is 6.07 Å². The molecule has 0 atom stereocenters. The largest absolute Gasteiger partial charge is 0.496 e. The Hall–Kier alpha value is -3.99. The van der Waals surface area contributed by atoms with Crippen LogP contribution in [0.4, 0.5) is 15.4 Å². The molecule has 1 fully saturated rings. The van der Waals surface area contributed by atoms with Crippen molar-refractivity contribution < 1.29 is 24.2 Å². The number of aryl methyl sites for hydroxylation is 1. The van der Waals surface area contributed by atoms with E-state index in [0.717, 1.165) is 22.2 Å². The summed E-state index contributed by atoms with van der Waals surface area (Å²) in [6.07, 6.45) is 0.831. The number of hydrogen-bond donors (Lipinski definition) is 3. The van der Waals surface area contributed by atoms with Crippen LogP contribution in [0.1, 0.15) is 0 Å². The van der Waals surface area contributed by atoms with Crippen LogP contribution in [0.2, 0.25) is 0 Å². The molecule has 11 nitrogen and oxygen atoms in total. The van der Waals surface area contributed by atoms with Gasteiger partial charge in [-0.25, -0.2) is 14.6 Å². The summed E-state index contributed by atoms with van der Waals surface area (Å²) in [5.41, 5.74) is 2.65. The molecule has 1 aromatic carbocycles. The topological polar surface area (TPSA) is 121 Å². The maximum absolute atomic E-state index is 12.4. The van der Waals surface area contributed by atoms with E-state index in [9.17, 15) is 9.59 Å². The van der Waals surface area contributed by atoms with Gasteiger partial charge in [0.25, 0.3) is 0 Å². The molecular weight excluding hydrogens is 452 g/mol. The average Bonchev–Trinajstić information content (AvgIpc) is 3.18. The standard InChI is InChI=1S/C24H30N6O5/c1-28-17(22-19(34-2)5-4-6-20(22)35-3)13-16-14-21(26-15-18(16)28)27-23(31)25-7-8-29-9-11-30(12-10-29)24(32)33/h4-6,13-15H,7-12H2,1-3H3,(H,32,33)(H2,25,26,27,31). The summed E-state index contributed by atoms with van der Waals surface area (Å²) in [5, 5.41) is 15.6. The minimum atomic E-state index is -0.890. The van der Waals surface area contributed by atoms with Crippen molar-refractivity contribution in [1.82, 2.24) is 24.7 Å². The monoisotopic (exact) mass is 482 g/mol. The van der Waals surface area contributed by atoms with Crippen LogP contribution in [-0.4, -0.2) is 90.1 Å². The lowest BCUT2D eigenvalue weighted by Gasteiger charge is -2.32. The maximum Gasteiger partial charge on any atom is 0.407 e. The third-order valence-electron chi connectivity index (χ3n) is 6.21. The first-order chi connectivity index (χ1) is 16.9. The van der Waals surface area contributed by atoms with Crippen LogP contribution in [0.3, 0.4) is 0 Å². The summed E-state index contributed by atoms with van der Waals surface area (Å²) in [7, 11) is 5.19. The Morgan fingerprint density at radius 1 is 1.09 bits per heavy atom. The van der Waals surface area contributed by atoms with E-state index in [2.05, 4.69) is 20.5 Å². The number of nitrogens with zero attached hydrogens (tertiary/aromatic N) is 4. The van der Waals surface area contributed by atoms with Gasteiger partial charge >= 0.3 is 12.1 Å². The molecule has 0 spiro atoms. The van der Waals surface area contributed by atoms with Crippen molar-refractivity contribution in [3.05, 3.63) is 36.5 Å². The number of piperazine rings is 1. The first kappa shape index (κ1) is 24.1. The molecule has 3 N–H and O–H groups in total. The molecule has 0 saturated carbocycles. The number of hydrogen-bond acceptors (Lipinski definition) is 6. The Morgan fingerprint density at radius 3 is 2.40 bits per heavy atom. The number of carbonyl (C=O) groups excluding carboxylic acids is 1. The van der Waals surface area contributed by atoms with Crippen molar-refractivity contribution in [2.45, 2.75) is 0 Å². The van der Waals surface area contributed by atoms with Crippen LogP contribution in [-0.2, 0) is 7.05 Å². The predicted octanol–water partition coefficient (Wildman–Crippen LogP) is 2.67. The average molecular weight is 483 g/mol. The Morgan fingerprint density at radius 2 is 1.77 bits per heavy atom. The number of carboxylic acid groups (broad SMARTS) is 1. The molecule has 1 saturated heterocycles. The van der Waals surface area contributed by atoms with Crippen LogP contribution in [0.15, 0.2) is 36.5 Å². The van der Waals surface area contributed by atoms with Crippen LogP contribution in [0, 0.1) is 0 Å². The number of amides is 3. The highest BCUT2D eigenvalue weighted by Gasteiger charge is 2.20. The van der Waals surface area contributed by atoms with E-state index in [-0.39, 0.29) is 6.03 Å². The highest BCUT2D eigenvalue weighted by Crippen LogP contribution is 2.40. The fourth-order valence-electron chi connectivity index (χ4n) is 4.30. The van der Waals surface area contributed by atoms with Gasteiger partial charge < -0.3 is 29.4 Å². The second-order valence-corrected chi connectivity index (χ2v) is 8.25. The van der Waals surface area contributed by atoms with Crippen molar-refractivity contribution in [3.8, 4) is 22.8 Å². The molecule has 35 heavy (non-hydrogen) atoms. The number of ether oxygens (including phenoxy) is 2. The van der Waals surface area contributed by atoms with Crippen molar-refractivity contribution in [1.29, 1.82) is 0 Å². The predicted molar refractivity (Wildman–Crippen MR) is 132 cm³/mol. The Bertz CT molecular complexity index is 1200. The molecule has 3 heterocycles. The van der Waals surface area contributed by atoms with E-state index in [1.54, 1.807) is 20.4 Å². The minimum absolute atomic E-state index is 0.344. The normalized spacial score (nSPS) is 14.1. The number of anilines is 1. The molecule has 0 aliphatic carbocycles. The summed E-state index contributed by atoms with van der Waals surface area (Å²) >= 11 is 0. The molecule has 3 amide bonds. The molecule has 1 aliphatic rings. The Balaban J connectivity index is 1.40. The Kier molecular flexibility index (Phi) is 7.25. The third-order valence-corrected chi connectivity index (χ3v) is 6.21. The van der Waals surface area contributed by atoms with Crippen molar-refractivity contribution in [2.75, 3.05) is 58.8 Å². The summed E-state index contributed by atoms with van der Waals surface area (Å²) in [4.78, 5) is 31.3.